The van der Waals surface area contributed by atoms with E-state index in [1.165, 1.54) is 0 Å². The molecule has 4 nitrogen and oxygen atoms in total. The van der Waals surface area contributed by atoms with Crippen LogP contribution in [0.25, 0.3) is 0 Å². The van der Waals surface area contributed by atoms with Crippen LogP contribution in [0.3, 0.4) is 0 Å². The van der Waals surface area contributed by atoms with Gasteiger partial charge in [0.1, 0.15) is 5.82 Å². The molecule has 17 heavy (non-hydrogen) atoms. The standard InChI is InChI=1S/C13H20N2O2/c1-9-7-15(8-10(2)17-9)13-5-4-12(6-14-13)11(3)16/h4-6,9-11,16H,7-8H2,1-3H3/t9-,10+,11?. The molecular formula is C13H20N2O2. The molecule has 0 bridgehead atoms. The van der Waals surface area contributed by atoms with E-state index in [2.05, 4.69) is 23.7 Å². The number of hydrogen-bond acceptors (Lipinski definition) is 4. The van der Waals surface area contributed by atoms with Gasteiger partial charge in [-0.3, -0.25) is 0 Å². The van der Waals surface area contributed by atoms with Gasteiger partial charge in [0, 0.05) is 19.3 Å². The third-order valence-corrected chi connectivity index (χ3v) is 3.00. The van der Waals surface area contributed by atoms with Crippen LogP contribution in [-0.2, 0) is 4.74 Å². The van der Waals surface area contributed by atoms with Crippen molar-refractivity contribution < 1.29 is 9.84 Å². The van der Waals surface area contributed by atoms with Crippen LogP contribution in [0.5, 0.6) is 0 Å². The fourth-order valence-corrected chi connectivity index (χ4v) is 2.20. The van der Waals surface area contributed by atoms with E-state index >= 15 is 0 Å². The monoisotopic (exact) mass is 236 g/mol. The van der Waals surface area contributed by atoms with Gasteiger partial charge in [0.25, 0.3) is 0 Å². The molecule has 1 aliphatic heterocycles. The molecule has 2 heterocycles. The van der Waals surface area contributed by atoms with Gasteiger partial charge < -0.3 is 14.7 Å². The van der Waals surface area contributed by atoms with E-state index in [1.807, 2.05) is 12.1 Å². The summed E-state index contributed by atoms with van der Waals surface area (Å²) in [6.45, 7) is 7.63. The van der Waals surface area contributed by atoms with Crippen molar-refractivity contribution in [3.05, 3.63) is 23.9 Å². The number of pyridine rings is 1. The molecule has 4 heteroatoms. The molecule has 1 fully saturated rings. The SMILES string of the molecule is CC(O)c1ccc(N2C[C@@H](C)O[C@@H](C)C2)nc1. The predicted molar refractivity (Wildman–Crippen MR) is 67.1 cm³/mol. The number of rotatable bonds is 2. The fourth-order valence-electron chi connectivity index (χ4n) is 2.20. The third-order valence-electron chi connectivity index (χ3n) is 3.00. The minimum atomic E-state index is -0.459. The quantitative estimate of drug-likeness (QED) is 0.849. The molecule has 1 aromatic rings. The smallest absolute Gasteiger partial charge is 0.128 e. The van der Waals surface area contributed by atoms with Gasteiger partial charge in [0.05, 0.1) is 18.3 Å². The molecule has 1 N–H and O–H groups in total. The molecule has 0 spiro atoms. The first-order valence-corrected chi connectivity index (χ1v) is 6.10. The highest BCUT2D eigenvalue weighted by atomic mass is 16.5. The fraction of sp³-hybridized carbons (Fsp3) is 0.615. The molecule has 0 amide bonds. The highest BCUT2D eigenvalue weighted by Crippen LogP contribution is 2.20. The van der Waals surface area contributed by atoms with Crippen molar-refractivity contribution >= 4 is 5.82 Å². The van der Waals surface area contributed by atoms with E-state index in [-0.39, 0.29) is 12.2 Å². The van der Waals surface area contributed by atoms with E-state index < -0.39 is 6.10 Å². The number of morpholine rings is 1. The lowest BCUT2D eigenvalue weighted by Gasteiger charge is -2.36. The summed E-state index contributed by atoms with van der Waals surface area (Å²) in [6.07, 6.45) is 1.75. The number of aliphatic hydroxyl groups excluding tert-OH is 1. The summed E-state index contributed by atoms with van der Waals surface area (Å²) in [5.41, 5.74) is 0.850. The average molecular weight is 236 g/mol. The topological polar surface area (TPSA) is 45.6 Å². The summed E-state index contributed by atoms with van der Waals surface area (Å²) in [5.74, 6) is 0.955. The van der Waals surface area contributed by atoms with Crippen molar-refractivity contribution in [3.63, 3.8) is 0 Å². The summed E-state index contributed by atoms with van der Waals surface area (Å²) < 4.78 is 5.69. The summed E-state index contributed by atoms with van der Waals surface area (Å²) in [6, 6.07) is 3.89. The van der Waals surface area contributed by atoms with Crippen molar-refractivity contribution in [3.8, 4) is 0 Å². The minimum absolute atomic E-state index is 0.233. The lowest BCUT2D eigenvalue weighted by Crippen LogP contribution is -2.45. The molecule has 0 aromatic carbocycles. The van der Waals surface area contributed by atoms with Crippen LogP contribution in [0, 0.1) is 0 Å². The second kappa shape index (κ2) is 5.02. The zero-order chi connectivity index (χ0) is 12.4. The van der Waals surface area contributed by atoms with E-state index in [9.17, 15) is 5.11 Å². The number of nitrogens with zero attached hydrogens (tertiary/aromatic N) is 2. The number of aromatic nitrogens is 1. The van der Waals surface area contributed by atoms with Crippen LogP contribution in [0.4, 0.5) is 5.82 Å². The zero-order valence-corrected chi connectivity index (χ0v) is 10.6. The van der Waals surface area contributed by atoms with Gasteiger partial charge in [-0.2, -0.15) is 0 Å². The number of anilines is 1. The molecule has 1 unspecified atom stereocenters. The second-order valence-corrected chi connectivity index (χ2v) is 4.79. The van der Waals surface area contributed by atoms with Gasteiger partial charge in [-0.1, -0.05) is 6.07 Å². The zero-order valence-electron chi connectivity index (χ0n) is 10.6. The van der Waals surface area contributed by atoms with Crippen LogP contribution >= 0.6 is 0 Å². The molecule has 1 saturated heterocycles. The second-order valence-electron chi connectivity index (χ2n) is 4.79. The first-order chi connectivity index (χ1) is 8.06. The van der Waals surface area contributed by atoms with Crippen molar-refractivity contribution in [2.24, 2.45) is 0 Å². The van der Waals surface area contributed by atoms with E-state index in [4.69, 9.17) is 4.74 Å². The number of ether oxygens (including phenoxy) is 1. The molecular weight excluding hydrogens is 216 g/mol. The van der Waals surface area contributed by atoms with Gasteiger partial charge in [-0.05, 0) is 32.4 Å². The lowest BCUT2D eigenvalue weighted by atomic mass is 10.2. The number of hydrogen-bond donors (Lipinski definition) is 1. The Hall–Kier alpha value is -1.13. The van der Waals surface area contributed by atoms with Gasteiger partial charge in [-0.15, -0.1) is 0 Å². The maximum atomic E-state index is 9.44. The Morgan fingerprint density at radius 2 is 2.00 bits per heavy atom. The molecule has 0 radical (unpaired) electrons. The Morgan fingerprint density at radius 3 is 2.47 bits per heavy atom. The maximum absolute atomic E-state index is 9.44. The number of aliphatic hydroxyl groups is 1. The summed E-state index contributed by atoms with van der Waals surface area (Å²) in [4.78, 5) is 6.63. The maximum Gasteiger partial charge on any atom is 0.128 e. The first-order valence-electron chi connectivity index (χ1n) is 6.10. The van der Waals surface area contributed by atoms with Crippen LogP contribution in [-0.4, -0.2) is 35.4 Å². The van der Waals surface area contributed by atoms with Gasteiger partial charge >= 0.3 is 0 Å². The molecule has 1 aromatic heterocycles. The van der Waals surface area contributed by atoms with Crippen LogP contribution in [0.1, 0.15) is 32.4 Å². The van der Waals surface area contributed by atoms with E-state index in [0.29, 0.717) is 0 Å². The highest BCUT2D eigenvalue weighted by molar-refractivity contribution is 5.40. The highest BCUT2D eigenvalue weighted by Gasteiger charge is 2.22. The largest absolute Gasteiger partial charge is 0.389 e. The van der Waals surface area contributed by atoms with Gasteiger partial charge in [-0.25, -0.2) is 4.98 Å². The molecule has 0 saturated carbocycles. The predicted octanol–water partition coefficient (Wildman–Crippen LogP) is 1.75. The molecule has 0 aliphatic carbocycles. The van der Waals surface area contributed by atoms with Crippen molar-refractivity contribution in [2.45, 2.75) is 39.1 Å². The first kappa shape index (κ1) is 12.3. The van der Waals surface area contributed by atoms with Crippen molar-refractivity contribution in [1.82, 2.24) is 4.98 Å². The Bertz CT molecular complexity index is 354. The van der Waals surface area contributed by atoms with E-state index in [0.717, 1.165) is 24.5 Å². The minimum Gasteiger partial charge on any atom is -0.389 e. The van der Waals surface area contributed by atoms with Crippen LogP contribution in [0.2, 0.25) is 0 Å². The van der Waals surface area contributed by atoms with Crippen LogP contribution < -0.4 is 4.90 Å². The lowest BCUT2D eigenvalue weighted by molar-refractivity contribution is -0.00546. The van der Waals surface area contributed by atoms with Crippen LogP contribution in [0.15, 0.2) is 18.3 Å². The van der Waals surface area contributed by atoms with E-state index in [1.54, 1.807) is 13.1 Å². The van der Waals surface area contributed by atoms with Crippen molar-refractivity contribution in [1.29, 1.82) is 0 Å². The Morgan fingerprint density at radius 1 is 1.35 bits per heavy atom. The van der Waals surface area contributed by atoms with Gasteiger partial charge in [0.15, 0.2) is 0 Å². The Balaban J connectivity index is 2.11. The summed E-state index contributed by atoms with van der Waals surface area (Å²) in [5, 5.41) is 9.44. The summed E-state index contributed by atoms with van der Waals surface area (Å²) in [7, 11) is 0. The molecule has 94 valence electrons. The molecule has 2 rings (SSSR count). The third kappa shape index (κ3) is 2.96. The Labute approximate surface area is 102 Å². The Kier molecular flexibility index (Phi) is 3.64. The average Bonchev–Trinajstić information content (AvgIpc) is 2.28. The molecule has 1 aliphatic rings. The molecule has 3 atom stereocenters. The normalized spacial score (nSPS) is 26.9. The summed E-state index contributed by atoms with van der Waals surface area (Å²) >= 11 is 0. The van der Waals surface area contributed by atoms with Crippen molar-refractivity contribution in [2.75, 3.05) is 18.0 Å². The van der Waals surface area contributed by atoms with Gasteiger partial charge in [0.2, 0.25) is 0 Å².